The third-order valence-corrected chi connectivity index (χ3v) is 10.6. The van der Waals surface area contributed by atoms with Crippen molar-refractivity contribution in [3.63, 3.8) is 0 Å². The van der Waals surface area contributed by atoms with E-state index in [0.717, 1.165) is 31.3 Å². The molecule has 0 amide bonds. The molecule has 2 heterocycles. The molecule has 47 heavy (non-hydrogen) atoms. The summed E-state index contributed by atoms with van der Waals surface area (Å²) in [5, 5.41) is -0.0901. The molecule has 0 radical (unpaired) electrons. The topological polar surface area (TPSA) is 107 Å². The predicted octanol–water partition coefficient (Wildman–Crippen LogP) is 7.48. The Hall–Kier alpha value is -3.32. The lowest BCUT2D eigenvalue weighted by Crippen LogP contribution is -2.22. The number of imidazole rings is 2. The van der Waals surface area contributed by atoms with Crippen LogP contribution in [-0.2, 0) is 32.4 Å². The smallest absolute Gasteiger partial charge is 0.340 e. The van der Waals surface area contributed by atoms with Gasteiger partial charge in [-0.2, -0.15) is 0 Å². The van der Waals surface area contributed by atoms with Crippen molar-refractivity contribution in [2.75, 3.05) is 27.4 Å². The molecule has 0 saturated heterocycles. The van der Waals surface area contributed by atoms with E-state index in [0.29, 0.717) is 13.2 Å². The van der Waals surface area contributed by atoms with Crippen molar-refractivity contribution in [2.24, 2.45) is 0 Å². The summed E-state index contributed by atoms with van der Waals surface area (Å²) >= 11 is 6.02. The van der Waals surface area contributed by atoms with Gasteiger partial charge in [0.15, 0.2) is 23.3 Å². The summed E-state index contributed by atoms with van der Waals surface area (Å²) in [6.45, 7) is 14.5. The van der Waals surface area contributed by atoms with Crippen LogP contribution in [0.2, 0.25) is 56.7 Å². The van der Waals surface area contributed by atoms with Gasteiger partial charge in [-0.15, -0.1) is 0 Å². The van der Waals surface area contributed by atoms with Crippen LogP contribution in [0, 0.1) is 23.3 Å². The van der Waals surface area contributed by atoms with Crippen molar-refractivity contribution < 1.29 is 46.1 Å². The number of aromatic nitrogens is 4. The van der Waals surface area contributed by atoms with Crippen LogP contribution >= 0.6 is 11.6 Å². The largest absolute Gasteiger partial charge is 0.465 e. The number of esters is 2. The number of fused-ring (bicyclic) bond motifs is 2. The highest BCUT2D eigenvalue weighted by molar-refractivity contribution is 6.76. The number of carbonyl (C=O) groups is 2. The van der Waals surface area contributed by atoms with Gasteiger partial charge in [-0.3, -0.25) is 4.57 Å². The molecule has 0 unspecified atom stereocenters. The lowest BCUT2D eigenvalue weighted by Gasteiger charge is -2.16. The van der Waals surface area contributed by atoms with Crippen LogP contribution in [0.25, 0.3) is 22.1 Å². The van der Waals surface area contributed by atoms with Crippen molar-refractivity contribution in [3.8, 4) is 0 Å². The fourth-order valence-electron chi connectivity index (χ4n) is 4.24. The first-order valence-electron chi connectivity index (χ1n) is 14.6. The molecule has 0 saturated carbocycles. The molecule has 0 aliphatic heterocycles. The molecule has 0 aliphatic rings. The second-order valence-electron chi connectivity index (χ2n) is 13.0. The zero-order valence-electron chi connectivity index (χ0n) is 27.6. The van der Waals surface area contributed by atoms with Crippen LogP contribution in [0.5, 0.6) is 0 Å². The van der Waals surface area contributed by atoms with E-state index in [2.05, 4.69) is 58.7 Å². The van der Waals surface area contributed by atoms with Gasteiger partial charge in [0.25, 0.3) is 0 Å². The molecule has 258 valence electrons. The van der Waals surface area contributed by atoms with Crippen molar-refractivity contribution >= 4 is 61.8 Å². The molecule has 10 nitrogen and oxygen atoms in total. The number of nitrogens with zero attached hydrogens (tertiary/aromatic N) is 4. The van der Waals surface area contributed by atoms with Gasteiger partial charge in [0.2, 0.25) is 5.28 Å². The van der Waals surface area contributed by atoms with E-state index in [-0.39, 0.29) is 51.9 Å². The Bertz CT molecular complexity index is 1750. The second-order valence-corrected chi connectivity index (χ2v) is 24.6. The molecule has 2 aromatic carbocycles. The van der Waals surface area contributed by atoms with E-state index in [1.165, 1.54) is 22.6 Å². The first-order valence-corrected chi connectivity index (χ1v) is 22.4. The highest BCUT2D eigenvalue weighted by atomic mass is 35.5. The summed E-state index contributed by atoms with van der Waals surface area (Å²) in [6, 6.07) is 3.51. The number of benzene rings is 2. The van der Waals surface area contributed by atoms with Crippen LogP contribution in [0.15, 0.2) is 18.5 Å². The van der Waals surface area contributed by atoms with Crippen LogP contribution in [-0.4, -0.2) is 74.6 Å². The van der Waals surface area contributed by atoms with Crippen molar-refractivity contribution in [1.29, 1.82) is 0 Å². The van der Waals surface area contributed by atoms with Crippen LogP contribution in [0.3, 0.4) is 0 Å². The third kappa shape index (κ3) is 9.62. The third-order valence-electron chi connectivity index (χ3n) is 6.90. The first kappa shape index (κ1) is 38.1. The normalized spacial score (nSPS) is 11.9. The summed E-state index contributed by atoms with van der Waals surface area (Å²) in [6.07, 6.45) is 1.33. The van der Waals surface area contributed by atoms with Gasteiger partial charge in [-0.1, -0.05) is 39.3 Å². The number of rotatable bonds is 12. The molecular weight excluding hydrogens is 680 g/mol. The Labute approximate surface area is 276 Å². The molecule has 4 rings (SSSR count). The SMILES string of the molecule is COC(=O)c1cc(F)c(F)c2nc(Cl)n(COCC[Si](C)(C)C)c12.COC(=O)c1cc(F)c(F)c2ncn(COCC[Si](C)(C)C)c12. The number of hydrogen-bond acceptors (Lipinski definition) is 8. The summed E-state index contributed by atoms with van der Waals surface area (Å²) < 4.78 is 78.4. The molecule has 0 fully saturated rings. The summed E-state index contributed by atoms with van der Waals surface area (Å²) in [5.74, 6) is -6.14. The molecule has 17 heteroatoms. The van der Waals surface area contributed by atoms with E-state index in [9.17, 15) is 27.2 Å². The van der Waals surface area contributed by atoms with Gasteiger partial charge in [0.1, 0.15) is 24.5 Å². The molecule has 0 atom stereocenters. The minimum Gasteiger partial charge on any atom is -0.465 e. The molecule has 0 aliphatic carbocycles. The number of hydrogen-bond donors (Lipinski definition) is 0. The maximum atomic E-state index is 14.0. The number of methoxy groups -OCH3 is 2. The quantitative estimate of drug-likeness (QED) is 0.0643. The molecule has 0 bridgehead atoms. The lowest BCUT2D eigenvalue weighted by molar-refractivity contribution is 0.0591. The van der Waals surface area contributed by atoms with E-state index in [4.69, 9.17) is 21.1 Å². The second kappa shape index (κ2) is 15.7. The van der Waals surface area contributed by atoms with E-state index < -0.39 is 51.4 Å². The summed E-state index contributed by atoms with van der Waals surface area (Å²) in [4.78, 5) is 31.4. The van der Waals surface area contributed by atoms with Gasteiger partial charge in [0, 0.05) is 29.4 Å². The standard InChI is InChI=1S/C15H19ClF2N2O3Si.C15H20F2N2O3Si/c1-22-14(21)9-7-10(17)11(18)12-13(9)20(15(16)19-12)8-23-5-6-24(2,3)4;1-21-15(20)10-7-11(16)12(17)13-14(10)19(8-18-13)9-22-5-6-23(2,3)4/h7H,5-6,8H2,1-4H3;7-8H,5-6,9H2,1-4H3. The highest BCUT2D eigenvalue weighted by Gasteiger charge is 2.25. The van der Waals surface area contributed by atoms with Crippen LogP contribution in [0.1, 0.15) is 20.7 Å². The lowest BCUT2D eigenvalue weighted by atomic mass is 10.1. The van der Waals surface area contributed by atoms with Crippen LogP contribution in [0.4, 0.5) is 17.6 Å². The highest BCUT2D eigenvalue weighted by Crippen LogP contribution is 2.29. The fourth-order valence-corrected chi connectivity index (χ4v) is 5.97. The number of ether oxygens (including phenoxy) is 4. The summed E-state index contributed by atoms with van der Waals surface area (Å²) in [5.41, 5.74) is -0.539. The Balaban J connectivity index is 0.000000256. The Morgan fingerprint density at radius 3 is 1.72 bits per heavy atom. The fraction of sp³-hybridized carbons (Fsp3) is 0.467. The Morgan fingerprint density at radius 2 is 1.23 bits per heavy atom. The molecule has 2 aromatic heterocycles. The van der Waals surface area contributed by atoms with Gasteiger partial charge >= 0.3 is 11.9 Å². The van der Waals surface area contributed by atoms with Gasteiger partial charge in [-0.05, 0) is 35.8 Å². The average Bonchev–Trinajstić information content (AvgIpc) is 3.57. The van der Waals surface area contributed by atoms with Crippen molar-refractivity contribution in [2.45, 2.75) is 64.8 Å². The van der Waals surface area contributed by atoms with Crippen molar-refractivity contribution in [3.05, 3.63) is 58.1 Å². The predicted molar refractivity (Wildman–Crippen MR) is 175 cm³/mol. The minimum absolute atomic E-state index is 0.0190. The monoisotopic (exact) mass is 718 g/mol. The molecule has 0 N–H and O–H groups in total. The number of carbonyl (C=O) groups excluding carboxylic acids is 2. The molecule has 4 aromatic rings. The molecular formula is C30H39ClF4N4O6Si2. The average molecular weight is 719 g/mol. The summed E-state index contributed by atoms with van der Waals surface area (Å²) in [7, 11) is -0.146. The van der Waals surface area contributed by atoms with Crippen molar-refractivity contribution in [1.82, 2.24) is 19.1 Å². The maximum Gasteiger partial charge on any atom is 0.340 e. The van der Waals surface area contributed by atoms with Gasteiger partial charge < -0.3 is 23.5 Å². The van der Waals surface area contributed by atoms with E-state index in [1.807, 2.05) is 0 Å². The Morgan fingerprint density at radius 1 is 0.766 bits per heavy atom. The minimum atomic E-state index is -1.26. The maximum absolute atomic E-state index is 14.0. The number of halogens is 5. The first-order chi connectivity index (χ1) is 21.9. The van der Waals surface area contributed by atoms with Crippen LogP contribution < -0.4 is 0 Å². The van der Waals surface area contributed by atoms with Gasteiger partial charge in [-0.25, -0.2) is 37.1 Å². The van der Waals surface area contributed by atoms with E-state index >= 15 is 0 Å². The van der Waals surface area contributed by atoms with Gasteiger partial charge in [0.05, 0.1) is 42.7 Å². The zero-order chi connectivity index (χ0) is 35.3. The molecule has 0 spiro atoms. The zero-order valence-corrected chi connectivity index (χ0v) is 30.4. The Kier molecular flexibility index (Phi) is 12.8. The van der Waals surface area contributed by atoms with E-state index in [1.54, 1.807) is 0 Å².